The summed E-state index contributed by atoms with van der Waals surface area (Å²) in [5.74, 6) is -1.75. The second-order valence-electron chi connectivity index (χ2n) is 7.57. The fourth-order valence-corrected chi connectivity index (χ4v) is 4.43. The zero-order valence-electron chi connectivity index (χ0n) is 19.0. The van der Waals surface area contributed by atoms with Gasteiger partial charge in [-0.2, -0.15) is 0 Å². The lowest BCUT2D eigenvalue weighted by Gasteiger charge is -2.14. The van der Waals surface area contributed by atoms with E-state index in [2.05, 4.69) is 0 Å². The van der Waals surface area contributed by atoms with Gasteiger partial charge in [0.15, 0.2) is 11.5 Å². The predicted molar refractivity (Wildman–Crippen MR) is 134 cm³/mol. The molecule has 1 heterocycles. The van der Waals surface area contributed by atoms with Crippen molar-refractivity contribution in [2.45, 2.75) is 6.54 Å². The van der Waals surface area contributed by atoms with Crippen molar-refractivity contribution in [1.82, 2.24) is 4.90 Å². The van der Waals surface area contributed by atoms with Crippen LogP contribution in [0.15, 0.2) is 65.6 Å². The van der Waals surface area contributed by atoms with E-state index in [0.717, 1.165) is 4.90 Å². The summed E-state index contributed by atoms with van der Waals surface area (Å²) in [7, 11) is 1.36. The van der Waals surface area contributed by atoms with E-state index < -0.39 is 27.9 Å². The number of nitro groups is 1. The standard InChI is InChI=1S/C25H16ClFN2O7S/c1-35-21-11-14(5-10-20(21)36-24(31)15-6-8-16(9-7-15)29(33)34)12-22-23(30)28(25(32)37-22)13-17-18(26)3-2-4-19(17)27/h2-12H,13H2,1H3/b22-12-. The highest BCUT2D eigenvalue weighted by atomic mass is 35.5. The lowest BCUT2D eigenvalue weighted by molar-refractivity contribution is -0.384. The zero-order valence-corrected chi connectivity index (χ0v) is 20.5. The van der Waals surface area contributed by atoms with E-state index in [9.17, 15) is 28.9 Å². The van der Waals surface area contributed by atoms with E-state index in [4.69, 9.17) is 21.1 Å². The molecule has 0 radical (unpaired) electrons. The molecule has 0 atom stereocenters. The van der Waals surface area contributed by atoms with Crippen LogP contribution in [0.3, 0.4) is 0 Å². The number of imide groups is 1. The molecule has 0 aromatic heterocycles. The van der Waals surface area contributed by atoms with Crippen LogP contribution in [-0.2, 0) is 11.3 Å². The topological polar surface area (TPSA) is 116 Å². The van der Waals surface area contributed by atoms with Crippen LogP contribution in [0.1, 0.15) is 21.5 Å². The minimum Gasteiger partial charge on any atom is -0.493 e. The van der Waals surface area contributed by atoms with Crippen LogP contribution in [0.5, 0.6) is 11.5 Å². The lowest BCUT2D eigenvalue weighted by atomic mass is 10.1. The molecule has 3 aromatic rings. The molecule has 1 aliphatic rings. The third-order valence-electron chi connectivity index (χ3n) is 5.25. The van der Waals surface area contributed by atoms with Crippen LogP contribution in [-0.4, -0.2) is 34.0 Å². The van der Waals surface area contributed by atoms with E-state index in [1.54, 1.807) is 6.07 Å². The number of esters is 1. The van der Waals surface area contributed by atoms with Crippen LogP contribution in [0.4, 0.5) is 14.9 Å². The molecule has 0 bridgehead atoms. The molecule has 12 heteroatoms. The number of carbonyl (C=O) groups is 3. The quantitative estimate of drug-likeness (QED) is 0.120. The van der Waals surface area contributed by atoms with E-state index in [-0.39, 0.29) is 44.8 Å². The Morgan fingerprint density at radius 1 is 1.14 bits per heavy atom. The maximum atomic E-state index is 14.1. The molecule has 1 saturated heterocycles. The van der Waals surface area contributed by atoms with Crippen LogP contribution >= 0.6 is 23.4 Å². The van der Waals surface area contributed by atoms with Crippen molar-refractivity contribution >= 4 is 52.2 Å². The number of methoxy groups -OCH3 is 1. The molecule has 0 spiro atoms. The zero-order chi connectivity index (χ0) is 26.7. The second-order valence-corrected chi connectivity index (χ2v) is 8.97. The first-order valence-electron chi connectivity index (χ1n) is 10.5. The molecule has 0 unspecified atom stereocenters. The average Bonchev–Trinajstić information content (AvgIpc) is 3.14. The smallest absolute Gasteiger partial charge is 0.343 e. The van der Waals surface area contributed by atoms with E-state index in [0.29, 0.717) is 17.3 Å². The fraction of sp³-hybridized carbons (Fsp3) is 0.0800. The first-order valence-corrected chi connectivity index (χ1v) is 11.7. The number of ether oxygens (including phenoxy) is 2. The van der Waals surface area contributed by atoms with Gasteiger partial charge in [0, 0.05) is 22.7 Å². The van der Waals surface area contributed by atoms with Crippen LogP contribution in [0, 0.1) is 15.9 Å². The number of nitrogens with zero attached hydrogens (tertiary/aromatic N) is 2. The summed E-state index contributed by atoms with van der Waals surface area (Å²) in [6.07, 6.45) is 1.46. The summed E-state index contributed by atoms with van der Waals surface area (Å²) in [6.45, 7) is -0.311. The molecule has 37 heavy (non-hydrogen) atoms. The summed E-state index contributed by atoms with van der Waals surface area (Å²) in [4.78, 5) is 49.0. The van der Waals surface area contributed by atoms with Crippen molar-refractivity contribution in [3.05, 3.63) is 103 Å². The van der Waals surface area contributed by atoms with Crippen molar-refractivity contribution in [3.8, 4) is 11.5 Å². The Morgan fingerprint density at radius 2 is 1.86 bits per heavy atom. The Labute approximate surface area is 218 Å². The maximum absolute atomic E-state index is 14.1. The SMILES string of the molecule is COc1cc(/C=C2\SC(=O)N(Cc3c(F)cccc3Cl)C2=O)ccc1OC(=O)c1ccc([N+](=O)[O-])cc1. The Morgan fingerprint density at radius 3 is 2.51 bits per heavy atom. The van der Waals surface area contributed by atoms with Gasteiger partial charge in [-0.25, -0.2) is 9.18 Å². The van der Waals surface area contributed by atoms with Crippen molar-refractivity contribution < 1.29 is 33.2 Å². The van der Waals surface area contributed by atoms with Crippen molar-refractivity contribution in [3.63, 3.8) is 0 Å². The number of rotatable bonds is 7. The van der Waals surface area contributed by atoms with E-state index in [1.165, 1.54) is 67.8 Å². The number of benzene rings is 3. The van der Waals surface area contributed by atoms with Gasteiger partial charge < -0.3 is 9.47 Å². The van der Waals surface area contributed by atoms with Gasteiger partial charge in [0.25, 0.3) is 16.8 Å². The minimum atomic E-state index is -0.756. The highest BCUT2D eigenvalue weighted by molar-refractivity contribution is 8.18. The molecule has 4 rings (SSSR count). The third kappa shape index (κ3) is 5.63. The summed E-state index contributed by atoms with van der Waals surface area (Å²) in [5.41, 5.74) is 0.440. The average molecular weight is 543 g/mol. The van der Waals surface area contributed by atoms with Crippen LogP contribution < -0.4 is 9.47 Å². The monoisotopic (exact) mass is 542 g/mol. The van der Waals surface area contributed by atoms with Crippen molar-refractivity contribution in [2.24, 2.45) is 0 Å². The number of non-ortho nitro benzene ring substituents is 1. The number of hydrogen-bond acceptors (Lipinski definition) is 8. The highest BCUT2D eigenvalue weighted by Crippen LogP contribution is 2.36. The molecular weight excluding hydrogens is 527 g/mol. The van der Waals surface area contributed by atoms with Gasteiger partial charge in [0.2, 0.25) is 0 Å². The molecule has 3 aromatic carbocycles. The molecule has 0 aliphatic carbocycles. The Bertz CT molecular complexity index is 1440. The Hall–Kier alpha value is -4.22. The minimum absolute atomic E-state index is 0.0357. The lowest BCUT2D eigenvalue weighted by Crippen LogP contribution is -2.28. The van der Waals surface area contributed by atoms with Crippen LogP contribution in [0.25, 0.3) is 6.08 Å². The van der Waals surface area contributed by atoms with Gasteiger partial charge in [0.05, 0.1) is 29.0 Å². The molecule has 2 amide bonds. The third-order valence-corrected chi connectivity index (χ3v) is 6.51. The van der Waals surface area contributed by atoms with Crippen molar-refractivity contribution in [2.75, 3.05) is 7.11 Å². The van der Waals surface area contributed by atoms with E-state index >= 15 is 0 Å². The van der Waals surface area contributed by atoms with Crippen LogP contribution in [0.2, 0.25) is 5.02 Å². The first-order chi connectivity index (χ1) is 17.7. The predicted octanol–water partition coefficient (Wildman–Crippen LogP) is 5.85. The van der Waals surface area contributed by atoms with Gasteiger partial charge in [-0.15, -0.1) is 0 Å². The molecule has 188 valence electrons. The maximum Gasteiger partial charge on any atom is 0.343 e. The number of hydrogen-bond donors (Lipinski definition) is 0. The summed E-state index contributed by atoms with van der Waals surface area (Å²) >= 11 is 6.72. The molecule has 1 fully saturated rings. The number of halogens is 2. The Kier molecular flexibility index (Phi) is 7.55. The second kappa shape index (κ2) is 10.8. The first kappa shape index (κ1) is 25.9. The molecule has 9 nitrogen and oxygen atoms in total. The largest absolute Gasteiger partial charge is 0.493 e. The molecule has 0 N–H and O–H groups in total. The molecular formula is C25H16ClFN2O7S. The highest BCUT2D eigenvalue weighted by Gasteiger charge is 2.36. The summed E-state index contributed by atoms with van der Waals surface area (Å²) in [5, 5.41) is 10.3. The van der Waals surface area contributed by atoms with Gasteiger partial charge in [-0.3, -0.25) is 24.6 Å². The summed E-state index contributed by atoms with van der Waals surface area (Å²) in [6, 6.07) is 13.5. The van der Waals surface area contributed by atoms with E-state index in [1.807, 2.05) is 0 Å². The number of nitro benzene ring substituents is 1. The number of thioether (sulfide) groups is 1. The van der Waals surface area contributed by atoms with Gasteiger partial charge in [-0.05, 0) is 59.8 Å². The number of carbonyl (C=O) groups excluding carboxylic acids is 3. The van der Waals surface area contributed by atoms with Crippen molar-refractivity contribution in [1.29, 1.82) is 0 Å². The number of amides is 2. The van der Waals surface area contributed by atoms with Gasteiger partial charge in [-0.1, -0.05) is 23.7 Å². The molecule has 0 saturated carbocycles. The molecule has 1 aliphatic heterocycles. The summed E-state index contributed by atoms with van der Waals surface area (Å²) < 4.78 is 24.8. The van der Waals surface area contributed by atoms with Gasteiger partial charge in [0.1, 0.15) is 5.82 Å². The fourth-order valence-electron chi connectivity index (χ4n) is 3.37. The normalized spacial score (nSPS) is 14.2. The van der Waals surface area contributed by atoms with Gasteiger partial charge >= 0.3 is 5.97 Å². The Balaban J connectivity index is 1.51.